The van der Waals surface area contributed by atoms with Crippen molar-refractivity contribution < 1.29 is 4.79 Å². The maximum absolute atomic E-state index is 12.3. The summed E-state index contributed by atoms with van der Waals surface area (Å²) in [6.45, 7) is 5.22. The van der Waals surface area contributed by atoms with E-state index in [9.17, 15) is 9.59 Å². The predicted octanol–water partition coefficient (Wildman–Crippen LogP) is 0.590. The van der Waals surface area contributed by atoms with Crippen LogP contribution in [0.4, 0.5) is 0 Å². The number of carbonyl (C=O) groups is 1. The molecule has 0 radical (unpaired) electrons. The van der Waals surface area contributed by atoms with Crippen molar-refractivity contribution in [1.29, 1.82) is 0 Å². The standard InChI is InChI=1S/C14H19N7O2/c1-9(2)21-8-11(16-19-21)10-4-3-6-20(7-5-10)13(22)12-15-14(23)18-17-12/h4,8-9H,3,5-7H2,1-2H3,(H2,15,17,18,23). The third-order valence-electron chi connectivity index (χ3n) is 3.80. The van der Waals surface area contributed by atoms with Crippen LogP contribution in [0, 0.1) is 0 Å². The Morgan fingerprint density at radius 3 is 2.83 bits per heavy atom. The van der Waals surface area contributed by atoms with Gasteiger partial charge in [-0.1, -0.05) is 11.3 Å². The first kappa shape index (κ1) is 15.2. The van der Waals surface area contributed by atoms with Gasteiger partial charge in [0.15, 0.2) is 0 Å². The van der Waals surface area contributed by atoms with Crippen LogP contribution in [0.3, 0.4) is 0 Å². The minimum absolute atomic E-state index is 0.0456. The zero-order chi connectivity index (χ0) is 16.4. The monoisotopic (exact) mass is 317 g/mol. The summed E-state index contributed by atoms with van der Waals surface area (Å²) in [5.41, 5.74) is 1.45. The summed E-state index contributed by atoms with van der Waals surface area (Å²) in [4.78, 5) is 27.5. The molecule has 0 unspecified atom stereocenters. The smallest absolute Gasteiger partial charge is 0.335 e. The summed E-state index contributed by atoms with van der Waals surface area (Å²) in [6, 6.07) is 0.261. The van der Waals surface area contributed by atoms with Crippen molar-refractivity contribution in [2.45, 2.75) is 32.7 Å². The van der Waals surface area contributed by atoms with Crippen LogP contribution in [-0.4, -0.2) is 54.1 Å². The van der Waals surface area contributed by atoms with Gasteiger partial charge in [0.2, 0.25) is 5.82 Å². The molecule has 0 saturated heterocycles. The number of hydrogen-bond acceptors (Lipinski definition) is 5. The number of carbonyl (C=O) groups excluding carboxylic acids is 1. The normalized spacial score (nSPS) is 15.6. The van der Waals surface area contributed by atoms with Crippen molar-refractivity contribution in [3.8, 4) is 0 Å². The molecular weight excluding hydrogens is 298 g/mol. The van der Waals surface area contributed by atoms with E-state index in [2.05, 4.69) is 31.6 Å². The van der Waals surface area contributed by atoms with Crippen molar-refractivity contribution >= 4 is 11.5 Å². The van der Waals surface area contributed by atoms with Gasteiger partial charge in [0.05, 0.1) is 6.20 Å². The Labute approximate surface area is 132 Å². The first-order valence-electron chi connectivity index (χ1n) is 7.60. The molecule has 3 rings (SSSR count). The first-order chi connectivity index (χ1) is 11.0. The summed E-state index contributed by atoms with van der Waals surface area (Å²) in [5.74, 6) is -0.229. The van der Waals surface area contributed by atoms with Crippen LogP contribution in [0.15, 0.2) is 17.1 Å². The molecule has 1 amide bonds. The molecule has 0 aliphatic carbocycles. The lowest BCUT2D eigenvalue weighted by atomic mass is 10.1. The molecule has 0 bridgehead atoms. The number of H-pyrrole nitrogens is 2. The highest BCUT2D eigenvalue weighted by Gasteiger charge is 2.21. The fraction of sp³-hybridized carbons (Fsp3) is 0.500. The van der Waals surface area contributed by atoms with Gasteiger partial charge in [-0.05, 0) is 32.3 Å². The number of aromatic nitrogens is 6. The van der Waals surface area contributed by atoms with Gasteiger partial charge in [0.25, 0.3) is 5.91 Å². The molecule has 9 nitrogen and oxygen atoms in total. The van der Waals surface area contributed by atoms with E-state index < -0.39 is 5.69 Å². The first-order valence-corrected chi connectivity index (χ1v) is 7.60. The zero-order valence-electron chi connectivity index (χ0n) is 13.1. The number of hydrogen-bond donors (Lipinski definition) is 2. The van der Waals surface area contributed by atoms with Crippen LogP contribution >= 0.6 is 0 Å². The summed E-state index contributed by atoms with van der Waals surface area (Å²) in [6.07, 6.45) is 5.44. The Hall–Kier alpha value is -2.71. The van der Waals surface area contributed by atoms with E-state index in [1.165, 1.54) is 0 Å². The Morgan fingerprint density at radius 1 is 1.35 bits per heavy atom. The van der Waals surface area contributed by atoms with Gasteiger partial charge in [-0.3, -0.25) is 9.78 Å². The Kier molecular flexibility index (Phi) is 4.09. The molecule has 0 aromatic carbocycles. The van der Waals surface area contributed by atoms with Gasteiger partial charge in [-0.15, -0.1) is 10.2 Å². The van der Waals surface area contributed by atoms with Crippen LogP contribution < -0.4 is 5.69 Å². The zero-order valence-corrected chi connectivity index (χ0v) is 13.1. The van der Waals surface area contributed by atoms with Crippen molar-refractivity contribution in [1.82, 2.24) is 35.1 Å². The number of aromatic amines is 2. The fourth-order valence-electron chi connectivity index (χ4n) is 2.50. The Morgan fingerprint density at radius 2 is 2.17 bits per heavy atom. The van der Waals surface area contributed by atoms with E-state index in [4.69, 9.17) is 0 Å². The van der Waals surface area contributed by atoms with Gasteiger partial charge in [0, 0.05) is 19.1 Å². The average molecular weight is 317 g/mol. The Balaban J connectivity index is 1.69. The molecule has 122 valence electrons. The van der Waals surface area contributed by atoms with Crippen LogP contribution in [0.25, 0.3) is 5.57 Å². The van der Waals surface area contributed by atoms with E-state index in [1.54, 1.807) is 4.90 Å². The van der Waals surface area contributed by atoms with Crippen molar-refractivity contribution in [3.05, 3.63) is 34.3 Å². The molecule has 2 aromatic rings. The molecule has 2 N–H and O–H groups in total. The minimum atomic E-state index is -0.479. The highest BCUT2D eigenvalue weighted by Crippen LogP contribution is 2.21. The highest BCUT2D eigenvalue weighted by atomic mass is 16.2. The fourth-order valence-corrected chi connectivity index (χ4v) is 2.50. The summed E-state index contributed by atoms with van der Waals surface area (Å²) in [5, 5.41) is 14.2. The largest absolute Gasteiger partial charge is 0.341 e. The van der Waals surface area contributed by atoms with Crippen LogP contribution in [-0.2, 0) is 0 Å². The van der Waals surface area contributed by atoms with Crippen LogP contribution in [0.1, 0.15) is 49.0 Å². The van der Waals surface area contributed by atoms with Gasteiger partial charge in [-0.2, -0.15) is 0 Å². The predicted molar refractivity (Wildman–Crippen MR) is 82.7 cm³/mol. The van der Waals surface area contributed by atoms with Crippen LogP contribution in [0.5, 0.6) is 0 Å². The third kappa shape index (κ3) is 3.22. The molecule has 0 fully saturated rings. The van der Waals surface area contributed by atoms with Crippen LogP contribution in [0.2, 0.25) is 0 Å². The van der Waals surface area contributed by atoms with Gasteiger partial charge >= 0.3 is 5.69 Å². The second-order valence-corrected chi connectivity index (χ2v) is 5.76. The lowest BCUT2D eigenvalue weighted by Gasteiger charge is -2.18. The second-order valence-electron chi connectivity index (χ2n) is 5.76. The maximum atomic E-state index is 12.3. The number of nitrogens with zero attached hydrogens (tertiary/aromatic N) is 5. The third-order valence-corrected chi connectivity index (χ3v) is 3.80. The molecule has 0 spiro atoms. The summed E-state index contributed by atoms with van der Waals surface area (Å²) >= 11 is 0. The van der Waals surface area contributed by atoms with E-state index >= 15 is 0 Å². The average Bonchev–Trinajstić information content (AvgIpc) is 3.11. The molecule has 0 atom stereocenters. The van der Waals surface area contributed by atoms with E-state index in [1.807, 2.05) is 24.7 Å². The number of rotatable bonds is 3. The molecule has 1 aliphatic rings. The molecule has 23 heavy (non-hydrogen) atoms. The van der Waals surface area contributed by atoms with E-state index in [0.29, 0.717) is 19.5 Å². The molecule has 3 heterocycles. The van der Waals surface area contributed by atoms with Crippen molar-refractivity contribution in [2.24, 2.45) is 0 Å². The highest BCUT2D eigenvalue weighted by molar-refractivity contribution is 5.90. The van der Waals surface area contributed by atoms with Crippen molar-refractivity contribution in [2.75, 3.05) is 13.1 Å². The minimum Gasteiger partial charge on any atom is -0.335 e. The number of nitrogens with one attached hydrogen (secondary N) is 2. The quantitative estimate of drug-likeness (QED) is 0.860. The molecular formula is C14H19N7O2. The second kappa shape index (κ2) is 6.19. The molecule has 9 heteroatoms. The summed E-state index contributed by atoms with van der Waals surface area (Å²) < 4.78 is 1.82. The van der Waals surface area contributed by atoms with E-state index in [-0.39, 0.29) is 17.8 Å². The van der Waals surface area contributed by atoms with Gasteiger partial charge in [0.1, 0.15) is 5.69 Å². The topological polar surface area (TPSA) is 113 Å². The maximum Gasteiger partial charge on any atom is 0.341 e. The van der Waals surface area contributed by atoms with Gasteiger partial charge < -0.3 is 4.90 Å². The molecule has 1 aliphatic heterocycles. The summed E-state index contributed by atoms with van der Waals surface area (Å²) in [7, 11) is 0. The SMILES string of the molecule is CC(C)n1cc(C2=CCCN(C(=O)c3n[nH]c(=O)[nH]3)CC2)nn1. The van der Waals surface area contributed by atoms with Gasteiger partial charge in [-0.25, -0.2) is 14.6 Å². The van der Waals surface area contributed by atoms with E-state index in [0.717, 1.165) is 17.7 Å². The molecule has 0 saturated carbocycles. The Bertz CT molecular complexity index is 783. The number of amides is 1. The lowest BCUT2D eigenvalue weighted by Crippen LogP contribution is -2.33. The van der Waals surface area contributed by atoms with Crippen molar-refractivity contribution in [3.63, 3.8) is 0 Å². The lowest BCUT2D eigenvalue weighted by molar-refractivity contribution is 0.0752. The molecule has 2 aromatic heterocycles.